The van der Waals surface area contributed by atoms with Crippen molar-refractivity contribution in [1.82, 2.24) is 29.3 Å². The molecule has 3 amide bonds. The fourth-order valence-corrected chi connectivity index (χ4v) is 9.33. The zero-order valence-corrected chi connectivity index (χ0v) is 34.3. The van der Waals surface area contributed by atoms with Gasteiger partial charge in [-0.25, -0.2) is 19.2 Å². The van der Waals surface area contributed by atoms with Gasteiger partial charge in [-0.05, 0) is 95.7 Å². The number of imidazole rings is 1. The molecule has 0 spiro atoms. The quantitative estimate of drug-likeness (QED) is 0.115. The summed E-state index contributed by atoms with van der Waals surface area (Å²) < 4.78 is 65.1. The van der Waals surface area contributed by atoms with Gasteiger partial charge in [-0.1, -0.05) is 12.1 Å². The molecule has 2 saturated heterocycles. The summed E-state index contributed by atoms with van der Waals surface area (Å²) in [5, 5.41) is 15.9. The van der Waals surface area contributed by atoms with Crippen LogP contribution in [-0.2, 0) is 28.4 Å². The number of carbonyl (C=O) groups is 3. The number of rotatable bonds is 9. The summed E-state index contributed by atoms with van der Waals surface area (Å²) >= 11 is 0. The lowest BCUT2D eigenvalue weighted by Crippen LogP contribution is -2.52. The molecule has 8 rings (SSSR count). The van der Waals surface area contributed by atoms with Gasteiger partial charge in [0.15, 0.2) is 11.5 Å². The molecule has 3 N–H and O–H groups in total. The van der Waals surface area contributed by atoms with Crippen molar-refractivity contribution in [3.8, 4) is 0 Å². The van der Waals surface area contributed by atoms with Gasteiger partial charge >= 0.3 is 11.9 Å². The molecule has 0 bridgehead atoms. The van der Waals surface area contributed by atoms with Crippen LogP contribution in [0.5, 0.6) is 0 Å². The Labute approximate surface area is 347 Å². The summed E-state index contributed by atoms with van der Waals surface area (Å²) in [7, 11) is 3.60. The predicted molar refractivity (Wildman–Crippen MR) is 218 cm³/mol. The summed E-state index contributed by atoms with van der Waals surface area (Å²) in [4.78, 5) is 63.3. The number of nitrogens with one attached hydrogen (secondary N) is 2. The van der Waals surface area contributed by atoms with Gasteiger partial charge in [-0.2, -0.15) is 13.2 Å². The highest BCUT2D eigenvalue weighted by Crippen LogP contribution is 2.40. The maximum Gasteiger partial charge on any atom is 0.433 e. The van der Waals surface area contributed by atoms with E-state index in [0.29, 0.717) is 64.7 Å². The number of benzene rings is 2. The smallest absolute Gasteiger partial charge is 0.433 e. The number of pyridine rings is 1. The normalized spacial score (nSPS) is 22.9. The standard InChI is InChI=1S/C43H48F4N8O6/c1-42(2,60)25-19-29-34(20-28(25)49-38(57)27-7-5-10-35(48-27)43(45,46)47)61-40(50-29)24-13-11-23(12-14-24)21-52(3)30-17-18-54(22-26(30)44)31-8-6-9-32-37(31)53(4)41(59)55(32)33-15-16-36(56)51-39(33)58/h5-10,19-20,23-24,26,30,33,60H,11-18,21-22H2,1-4H3,(H,49,57)(H,51,56,58)/t23?,24?,26-,30-,33?/m0/s1. The highest BCUT2D eigenvalue weighted by atomic mass is 19.4. The fourth-order valence-electron chi connectivity index (χ4n) is 9.33. The average Bonchev–Trinajstić information content (AvgIpc) is 3.74. The van der Waals surface area contributed by atoms with Crippen LogP contribution in [-0.4, -0.2) is 85.7 Å². The molecule has 1 unspecified atom stereocenters. The van der Waals surface area contributed by atoms with E-state index in [4.69, 9.17) is 9.40 Å². The minimum Gasteiger partial charge on any atom is -0.440 e. The van der Waals surface area contributed by atoms with Crippen LogP contribution in [0.1, 0.15) is 98.4 Å². The Morgan fingerprint density at radius 1 is 1.02 bits per heavy atom. The number of nitrogens with zero attached hydrogens (tertiary/aromatic N) is 6. The Bertz CT molecular complexity index is 2570. The monoisotopic (exact) mass is 848 g/mol. The Morgan fingerprint density at radius 2 is 1.75 bits per heavy atom. The second-order valence-electron chi connectivity index (χ2n) is 17.1. The molecule has 5 aromatic rings. The van der Waals surface area contributed by atoms with E-state index in [2.05, 4.69) is 20.5 Å². The Morgan fingerprint density at radius 3 is 2.44 bits per heavy atom. The molecule has 1 aliphatic carbocycles. The van der Waals surface area contributed by atoms with Gasteiger partial charge in [0.2, 0.25) is 11.8 Å². The number of aryl methyl sites for hydroxylation is 1. The molecule has 61 heavy (non-hydrogen) atoms. The van der Waals surface area contributed by atoms with Gasteiger partial charge in [0.25, 0.3) is 5.91 Å². The molecule has 3 atom stereocenters. The van der Waals surface area contributed by atoms with E-state index in [1.54, 1.807) is 25.2 Å². The van der Waals surface area contributed by atoms with Crippen LogP contribution in [0.2, 0.25) is 0 Å². The number of anilines is 2. The topological polar surface area (TPSA) is 168 Å². The first-order valence-electron chi connectivity index (χ1n) is 20.5. The number of fused-ring (bicyclic) bond motifs is 2. The summed E-state index contributed by atoms with van der Waals surface area (Å²) in [6, 6.07) is 10.5. The lowest BCUT2D eigenvalue weighted by atomic mass is 9.81. The van der Waals surface area contributed by atoms with Gasteiger partial charge in [0.05, 0.1) is 34.6 Å². The lowest BCUT2D eigenvalue weighted by Gasteiger charge is -2.42. The molecule has 14 nitrogen and oxygen atoms in total. The number of halogens is 4. The zero-order valence-electron chi connectivity index (χ0n) is 34.3. The van der Waals surface area contributed by atoms with E-state index < -0.39 is 47.2 Å². The maximum atomic E-state index is 16.1. The first-order valence-corrected chi connectivity index (χ1v) is 20.5. The highest BCUT2D eigenvalue weighted by molar-refractivity contribution is 6.04. The second-order valence-corrected chi connectivity index (χ2v) is 17.1. The number of aliphatic hydroxyl groups is 1. The molecule has 3 fully saturated rings. The number of aromatic nitrogens is 4. The van der Waals surface area contributed by atoms with E-state index in [9.17, 15) is 37.5 Å². The number of hydrogen-bond acceptors (Lipinski definition) is 10. The fraction of sp³-hybridized carbons (Fsp3) is 0.488. The van der Waals surface area contributed by atoms with Gasteiger partial charge < -0.3 is 24.6 Å². The van der Waals surface area contributed by atoms with E-state index in [1.807, 2.05) is 18.0 Å². The van der Waals surface area contributed by atoms with Crippen molar-refractivity contribution in [1.29, 1.82) is 0 Å². The minimum absolute atomic E-state index is 0.00702. The molecule has 0 radical (unpaired) electrons. The minimum atomic E-state index is -4.73. The number of alkyl halides is 4. The number of hydrogen-bond donors (Lipinski definition) is 3. The van der Waals surface area contributed by atoms with Gasteiger partial charge in [-0.3, -0.25) is 28.8 Å². The van der Waals surface area contributed by atoms with Crippen LogP contribution in [0.15, 0.2) is 57.7 Å². The Balaban J connectivity index is 0.900. The summed E-state index contributed by atoms with van der Waals surface area (Å²) in [5.74, 6) is -0.912. The SMILES string of the molecule is CN(CC1CCC(c2nc3cc(C(C)(C)O)c(NC(=O)c4cccc(C(F)(F)F)n4)cc3o2)CC1)[C@H]1CCN(c2cccc3c2n(C)c(=O)n3C2CCC(=O)NC2=O)C[C@@H]1F. The first-order chi connectivity index (χ1) is 28.9. The summed E-state index contributed by atoms with van der Waals surface area (Å²) in [5.41, 5.74) is -0.292. The third kappa shape index (κ3) is 8.26. The molecule has 2 aliphatic heterocycles. The van der Waals surface area contributed by atoms with Crippen LogP contribution in [0, 0.1) is 5.92 Å². The lowest BCUT2D eigenvalue weighted by molar-refractivity contribution is -0.141. The number of imide groups is 1. The molecule has 324 valence electrons. The van der Waals surface area contributed by atoms with Gasteiger partial charge in [0.1, 0.15) is 29.1 Å². The predicted octanol–water partition coefficient (Wildman–Crippen LogP) is 6.18. The maximum absolute atomic E-state index is 16.1. The van der Waals surface area contributed by atoms with Gasteiger partial charge in [0, 0.05) is 50.1 Å². The molecular weight excluding hydrogens is 801 g/mol. The van der Waals surface area contributed by atoms with E-state index >= 15 is 4.39 Å². The Hall–Kier alpha value is -5.62. The number of oxazole rings is 1. The number of piperidine rings is 2. The number of amides is 3. The van der Waals surface area contributed by atoms with Crippen LogP contribution in [0.25, 0.3) is 22.1 Å². The zero-order chi connectivity index (χ0) is 43.5. The van der Waals surface area contributed by atoms with Crippen LogP contribution >= 0.6 is 0 Å². The largest absolute Gasteiger partial charge is 0.440 e. The molecule has 3 aliphatic rings. The van der Waals surface area contributed by atoms with Crippen LogP contribution < -0.4 is 21.2 Å². The van der Waals surface area contributed by atoms with Crippen molar-refractivity contribution in [2.24, 2.45) is 13.0 Å². The molecule has 18 heteroatoms. The highest BCUT2D eigenvalue weighted by Gasteiger charge is 2.37. The number of carbonyl (C=O) groups excluding carboxylic acids is 3. The molecule has 1 saturated carbocycles. The van der Waals surface area contributed by atoms with Crippen LogP contribution in [0.3, 0.4) is 0 Å². The number of para-hydroxylation sites is 1. The Kier molecular flexibility index (Phi) is 11.0. The molecule has 5 heterocycles. The van der Waals surface area contributed by atoms with Crippen molar-refractivity contribution >= 4 is 51.2 Å². The van der Waals surface area contributed by atoms with Gasteiger partial charge in [-0.15, -0.1) is 0 Å². The summed E-state index contributed by atoms with van der Waals surface area (Å²) in [6.45, 7) is 4.47. The van der Waals surface area contributed by atoms with E-state index in [-0.39, 0.29) is 48.6 Å². The van der Waals surface area contributed by atoms with Crippen LogP contribution in [0.4, 0.5) is 28.9 Å². The van der Waals surface area contributed by atoms with Crippen molar-refractivity contribution in [3.63, 3.8) is 0 Å². The molecule has 2 aromatic carbocycles. The summed E-state index contributed by atoms with van der Waals surface area (Å²) in [6.07, 6.45) is -1.66. The molecular formula is C43H48F4N8O6. The van der Waals surface area contributed by atoms with Crippen molar-refractivity contribution in [2.45, 2.75) is 94.7 Å². The van der Waals surface area contributed by atoms with E-state index in [0.717, 1.165) is 37.8 Å². The first kappa shape index (κ1) is 42.1. The second kappa shape index (κ2) is 16.0. The third-order valence-electron chi connectivity index (χ3n) is 12.5. The van der Waals surface area contributed by atoms with Crippen molar-refractivity contribution < 1.29 is 41.5 Å². The van der Waals surface area contributed by atoms with Crippen molar-refractivity contribution in [2.75, 3.05) is 36.9 Å². The van der Waals surface area contributed by atoms with Crippen molar-refractivity contribution in [3.05, 3.63) is 81.9 Å². The molecule has 3 aromatic heterocycles. The average molecular weight is 849 g/mol. The van der Waals surface area contributed by atoms with E-state index in [1.165, 1.54) is 35.1 Å². The third-order valence-corrected chi connectivity index (χ3v) is 12.5.